The molecule has 2 amide bonds. The lowest BCUT2D eigenvalue weighted by molar-refractivity contribution is -0.144. The van der Waals surface area contributed by atoms with E-state index in [1.54, 1.807) is 4.90 Å². The first kappa shape index (κ1) is 18.1. The summed E-state index contributed by atoms with van der Waals surface area (Å²) >= 11 is 5.97. The molecule has 1 aromatic carbocycles. The number of carbonyl (C=O) groups is 2. The monoisotopic (exact) mass is 385 g/mol. The number of carbonyl (C=O) groups excluding carboxylic acids is 2. The van der Waals surface area contributed by atoms with Crippen molar-refractivity contribution in [3.63, 3.8) is 0 Å². The summed E-state index contributed by atoms with van der Waals surface area (Å²) in [7, 11) is 0. The minimum absolute atomic E-state index is 0.0440. The van der Waals surface area contributed by atoms with E-state index in [-0.39, 0.29) is 24.4 Å². The maximum atomic E-state index is 13.2. The first-order valence-electron chi connectivity index (χ1n) is 9.61. The minimum Gasteiger partial charge on any atom is -0.351 e. The zero-order valence-corrected chi connectivity index (χ0v) is 16.0. The number of benzene rings is 1. The normalized spacial score (nSPS) is 20.4. The maximum absolute atomic E-state index is 13.2. The molecular weight excluding hydrogens is 362 g/mol. The summed E-state index contributed by atoms with van der Waals surface area (Å²) < 4.78 is 1.88. The Balaban J connectivity index is 1.59. The summed E-state index contributed by atoms with van der Waals surface area (Å²) in [5, 5.41) is 3.85. The van der Waals surface area contributed by atoms with Crippen molar-refractivity contribution in [2.24, 2.45) is 0 Å². The van der Waals surface area contributed by atoms with Crippen LogP contribution >= 0.6 is 11.6 Å². The van der Waals surface area contributed by atoms with Crippen molar-refractivity contribution in [2.45, 2.75) is 57.3 Å². The second-order valence-electron chi connectivity index (χ2n) is 7.46. The van der Waals surface area contributed by atoms with E-state index in [0.29, 0.717) is 11.6 Å². The first-order chi connectivity index (χ1) is 13.1. The summed E-state index contributed by atoms with van der Waals surface area (Å²) in [4.78, 5) is 27.7. The number of hydrogen-bond acceptors (Lipinski definition) is 2. The molecule has 0 bridgehead atoms. The predicted molar refractivity (Wildman–Crippen MR) is 104 cm³/mol. The van der Waals surface area contributed by atoms with E-state index in [0.717, 1.165) is 36.9 Å². The summed E-state index contributed by atoms with van der Waals surface area (Å²) in [5.41, 5.74) is 1.83. The van der Waals surface area contributed by atoms with Crippen molar-refractivity contribution >= 4 is 23.4 Å². The van der Waals surface area contributed by atoms with E-state index >= 15 is 0 Å². The fourth-order valence-electron chi connectivity index (χ4n) is 4.13. The lowest BCUT2D eigenvalue weighted by atomic mass is 9.95. The van der Waals surface area contributed by atoms with E-state index < -0.39 is 6.04 Å². The molecule has 1 aliphatic carbocycles. The number of halogens is 1. The standard InChI is InChI=1S/C21H24ClN3O2/c22-16-10-8-15(9-11-16)13-25-19(26)14-24-12-4-7-18(24)20(25)21(27)23-17-5-2-1-3-6-17/h4,7-12,17,20H,1-3,5-6,13-14H2,(H,23,27)/t20-/m1/s1. The number of aromatic nitrogens is 1. The highest BCUT2D eigenvalue weighted by Gasteiger charge is 2.38. The predicted octanol–water partition coefficient (Wildman–Crippen LogP) is 3.67. The van der Waals surface area contributed by atoms with Crippen molar-refractivity contribution in [1.29, 1.82) is 0 Å². The average molecular weight is 386 g/mol. The molecule has 142 valence electrons. The van der Waals surface area contributed by atoms with Crippen LogP contribution < -0.4 is 5.32 Å². The van der Waals surface area contributed by atoms with Gasteiger partial charge < -0.3 is 14.8 Å². The molecule has 0 saturated heterocycles. The number of rotatable bonds is 4. The number of nitrogens with one attached hydrogen (secondary N) is 1. The van der Waals surface area contributed by atoms with Crippen LogP contribution in [0.25, 0.3) is 0 Å². The van der Waals surface area contributed by atoms with Crippen molar-refractivity contribution in [1.82, 2.24) is 14.8 Å². The molecule has 0 unspecified atom stereocenters. The Morgan fingerprint density at radius 2 is 1.85 bits per heavy atom. The third kappa shape index (κ3) is 3.88. The number of hydrogen-bond donors (Lipinski definition) is 1. The number of fused-ring (bicyclic) bond motifs is 1. The molecule has 2 heterocycles. The zero-order chi connectivity index (χ0) is 18.8. The Kier molecular flexibility index (Phi) is 5.21. The maximum Gasteiger partial charge on any atom is 0.249 e. The molecule has 0 radical (unpaired) electrons. The summed E-state index contributed by atoms with van der Waals surface area (Å²) in [6.07, 6.45) is 7.45. The lowest BCUT2D eigenvalue weighted by Crippen LogP contribution is -2.50. The Labute approximate surface area is 164 Å². The second kappa shape index (κ2) is 7.77. The fraction of sp³-hybridized carbons (Fsp3) is 0.429. The van der Waals surface area contributed by atoms with Crippen molar-refractivity contribution < 1.29 is 9.59 Å². The van der Waals surface area contributed by atoms with Crippen LogP contribution in [0.1, 0.15) is 49.4 Å². The van der Waals surface area contributed by atoms with Crippen LogP contribution in [0.3, 0.4) is 0 Å². The minimum atomic E-state index is -0.598. The van der Waals surface area contributed by atoms with Crippen LogP contribution in [0, 0.1) is 0 Å². The molecule has 0 spiro atoms. The Morgan fingerprint density at radius 1 is 1.11 bits per heavy atom. The van der Waals surface area contributed by atoms with E-state index in [1.165, 1.54) is 6.42 Å². The SMILES string of the molecule is O=C(NC1CCCCC1)[C@H]1c2cccn2CC(=O)N1Cc1ccc(Cl)cc1. The molecule has 5 nitrogen and oxygen atoms in total. The molecule has 1 aliphatic heterocycles. The molecule has 1 N–H and O–H groups in total. The lowest BCUT2D eigenvalue weighted by Gasteiger charge is -2.37. The van der Waals surface area contributed by atoms with Gasteiger partial charge in [-0.05, 0) is 42.7 Å². The van der Waals surface area contributed by atoms with Gasteiger partial charge in [0.15, 0.2) is 6.04 Å². The summed E-state index contributed by atoms with van der Waals surface area (Å²) in [5.74, 6) is -0.124. The highest BCUT2D eigenvalue weighted by Crippen LogP contribution is 2.30. The Morgan fingerprint density at radius 3 is 2.59 bits per heavy atom. The van der Waals surface area contributed by atoms with Gasteiger partial charge in [0, 0.05) is 23.8 Å². The summed E-state index contributed by atoms with van der Waals surface area (Å²) in [6.45, 7) is 0.660. The van der Waals surface area contributed by atoms with Crippen LogP contribution in [0.4, 0.5) is 0 Å². The van der Waals surface area contributed by atoms with Gasteiger partial charge in [0.2, 0.25) is 11.8 Å². The zero-order valence-electron chi connectivity index (χ0n) is 15.2. The van der Waals surface area contributed by atoms with Gasteiger partial charge in [-0.2, -0.15) is 0 Å². The average Bonchev–Trinajstić information content (AvgIpc) is 3.12. The van der Waals surface area contributed by atoms with Crippen molar-refractivity contribution in [2.75, 3.05) is 0 Å². The van der Waals surface area contributed by atoms with Crippen LogP contribution in [0.15, 0.2) is 42.6 Å². The summed E-state index contributed by atoms with van der Waals surface area (Å²) in [6, 6.07) is 10.9. The molecule has 1 atom stereocenters. The van der Waals surface area contributed by atoms with Gasteiger partial charge in [0.1, 0.15) is 6.54 Å². The highest BCUT2D eigenvalue weighted by atomic mass is 35.5. The van der Waals surface area contributed by atoms with Crippen molar-refractivity contribution in [3.8, 4) is 0 Å². The van der Waals surface area contributed by atoms with Gasteiger partial charge in [-0.3, -0.25) is 9.59 Å². The van der Waals surface area contributed by atoms with Gasteiger partial charge in [0.05, 0.1) is 5.69 Å². The third-order valence-electron chi connectivity index (χ3n) is 5.55. The fourth-order valence-corrected chi connectivity index (χ4v) is 4.25. The van der Waals surface area contributed by atoms with E-state index in [9.17, 15) is 9.59 Å². The number of amides is 2. The smallest absolute Gasteiger partial charge is 0.249 e. The second-order valence-corrected chi connectivity index (χ2v) is 7.89. The molecule has 1 aromatic heterocycles. The third-order valence-corrected chi connectivity index (χ3v) is 5.80. The molecule has 4 rings (SSSR count). The Bertz CT molecular complexity index is 824. The molecule has 6 heteroatoms. The molecular formula is C21H24ClN3O2. The number of nitrogens with zero attached hydrogens (tertiary/aromatic N) is 2. The Hall–Kier alpha value is -2.27. The first-order valence-corrected chi connectivity index (χ1v) is 9.99. The topological polar surface area (TPSA) is 54.3 Å². The van der Waals surface area contributed by atoms with Crippen LogP contribution in [0.5, 0.6) is 0 Å². The van der Waals surface area contributed by atoms with Crippen molar-refractivity contribution in [3.05, 3.63) is 58.9 Å². The molecule has 1 saturated carbocycles. The molecule has 1 fully saturated rings. The highest BCUT2D eigenvalue weighted by molar-refractivity contribution is 6.30. The quantitative estimate of drug-likeness (QED) is 0.872. The molecule has 2 aromatic rings. The van der Waals surface area contributed by atoms with Gasteiger partial charge in [-0.25, -0.2) is 0 Å². The van der Waals surface area contributed by atoms with E-state index in [2.05, 4.69) is 5.32 Å². The van der Waals surface area contributed by atoms with Gasteiger partial charge in [-0.1, -0.05) is 43.0 Å². The van der Waals surface area contributed by atoms with Crippen LogP contribution in [0.2, 0.25) is 5.02 Å². The molecule has 27 heavy (non-hydrogen) atoms. The van der Waals surface area contributed by atoms with Gasteiger partial charge >= 0.3 is 0 Å². The van der Waals surface area contributed by atoms with Gasteiger partial charge in [-0.15, -0.1) is 0 Å². The largest absolute Gasteiger partial charge is 0.351 e. The van der Waals surface area contributed by atoms with Crippen LogP contribution in [-0.2, 0) is 22.7 Å². The van der Waals surface area contributed by atoms with Crippen LogP contribution in [-0.4, -0.2) is 27.3 Å². The van der Waals surface area contributed by atoms with E-state index in [1.807, 2.05) is 47.2 Å². The van der Waals surface area contributed by atoms with Gasteiger partial charge in [0.25, 0.3) is 0 Å². The van der Waals surface area contributed by atoms with E-state index in [4.69, 9.17) is 11.6 Å². The molecule has 2 aliphatic rings.